The number of aryl methyl sites for hydroxylation is 2. The summed E-state index contributed by atoms with van der Waals surface area (Å²) in [6.45, 7) is 3.76. The van der Waals surface area contributed by atoms with Gasteiger partial charge in [-0.2, -0.15) is 5.10 Å². The predicted octanol–water partition coefficient (Wildman–Crippen LogP) is 2.54. The lowest BCUT2D eigenvalue weighted by Gasteiger charge is -2.14. The second-order valence-electron chi connectivity index (χ2n) is 5.46. The molecule has 0 atom stereocenters. The molecule has 0 unspecified atom stereocenters. The molecule has 1 aliphatic rings. The molecule has 0 saturated carbocycles. The molecule has 7 heteroatoms. The number of hydrogen-bond acceptors (Lipinski definition) is 6. The van der Waals surface area contributed by atoms with Gasteiger partial charge in [-0.1, -0.05) is 17.9 Å². The van der Waals surface area contributed by atoms with Gasteiger partial charge in [0, 0.05) is 18.2 Å². The summed E-state index contributed by atoms with van der Waals surface area (Å²) in [4.78, 5) is 26.8. The molecule has 1 aromatic heterocycles. The van der Waals surface area contributed by atoms with Crippen LogP contribution in [0.4, 0.5) is 5.69 Å². The highest BCUT2D eigenvalue weighted by atomic mass is 16.3. The van der Waals surface area contributed by atoms with Gasteiger partial charge in [0.1, 0.15) is 12.5 Å². The third kappa shape index (κ3) is 3.73. The van der Waals surface area contributed by atoms with Crippen molar-refractivity contribution in [1.29, 1.82) is 0 Å². The lowest BCUT2D eigenvalue weighted by molar-refractivity contribution is -0.108. The number of hydrazone groups is 1. The number of nitrogens with zero attached hydrogens (tertiary/aromatic N) is 3. The van der Waals surface area contributed by atoms with Gasteiger partial charge in [0.15, 0.2) is 11.6 Å². The van der Waals surface area contributed by atoms with Gasteiger partial charge >= 0.3 is 0 Å². The summed E-state index contributed by atoms with van der Waals surface area (Å²) >= 11 is 0. The molecule has 1 aliphatic heterocycles. The van der Waals surface area contributed by atoms with Crippen LogP contribution < -0.4 is 5.32 Å². The Kier molecular flexibility index (Phi) is 4.59. The van der Waals surface area contributed by atoms with Crippen molar-refractivity contribution in [3.63, 3.8) is 0 Å². The minimum atomic E-state index is -0.337. The van der Waals surface area contributed by atoms with Crippen LogP contribution in [0.1, 0.15) is 27.5 Å². The number of amides is 1. The number of aldehydes is 1. The standard InChI is InChI=1S/C18H16N4O3/c1-12-3-4-14(15-5-6-22(7-8-23)19-10-15)9-16(12)21-18(24)17-11-25-13(2)20-17/h3-4,6,8-11H,7H2,1-2H3,(H,21,24). The highest BCUT2D eigenvalue weighted by Crippen LogP contribution is 2.22. The Bertz CT molecular complexity index is 920. The van der Waals surface area contributed by atoms with E-state index < -0.39 is 0 Å². The van der Waals surface area contributed by atoms with E-state index in [0.717, 1.165) is 23.0 Å². The molecular weight excluding hydrogens is 320 g/mol. The monoisotopic (exact) mass is 336 g/mol. The number of rotatable bonds is 5. The molecule has 0 radical (unpaired) electrons. The van der Waals surface area contributed by atoms with Crippen molar-refractivity contribution >= 4 is 29.7 Å². The highest BCUT2D eigenvalue weighted by molar-refractivity contribution is 6.10. The van der Waals surface area contributed by atoms with Crippen molar-refractivity contribution in [2.75, 3.05) is 11.9 Å². The summed E-state index contributed by atoms with van der Waals surface area (Å²) in [5, 5.41) is 8.47. The summed E-state index contributed by atoms with van der Waals surface area (Å²) in [5.41, 5.74) is 6.49. The first-order valence-corrected chi connectivity index (χ1v) is 7.62. The Morgan fingerprint density at radius 1 is 1.40 bits per heavy atom. The van der Waals surface area contributed by atoms with Crippen LogP contribution in [0, 0.1) is 13.8 Å². The number of oxazole rings is 1. The fraction of sp³-hybridized carbons (Fsp3) is 0.167. The van der Waals surface area contributed by atoms with E-state index in [9.17, 15) is 9.59 Å². The van der Waals surface area contributed by atoms with Gasteiger partial charge in [0.2, 0.25) is 0 Å². The van der Waals surface area contributed by atoms with Crippen LogP contribution in [0.25, 0.3) is 5.57 Å². The lowest BCUT2D eigenvalue weighted by atomic mass is 10.0. The lowest BCUT2D eigenvalue weighted by Crippen LogP contribution is -2.15. The zero-order valence-corrected chi connectivity index (χ0v) is 13.8. The van der Waals surface area contributed by atoms with Crippen molar-refractivity contribution in [3.05, 3.63) is 59.1 Å². The van der Waals surface area contributed by atoms with E-state index in [2.05, 4.69) is 21.1 Å². The average molecular weight is 336 g/mol. The number of anilines is 1. The molecule has 126 valence electrons. The molecule has 0 spiro atoms. The maximum absolute atomic E-state index is 12.3. The van der Waals surface area contributed by atoms with E-state index in [1.807, 2.05) is 25.1 Å². The number of carbonyl (C=O) groups excluding carboxylic acids is 2. The van der Waals surface area contributed by atoms with Gasteiger partial charge in [-0.05, 0) is 24.1 Å². The third-order valence-electron chi connectivity index (χ3n) is 3.61. The molecule has 1 aromatic carbocycles. The highest BCUT2D eigenvalue weighted by Gasteiger charge is 2.13. The van der Waals surface area contributed by atoms with E-state index in [4.69, 9.17) is 4.42 Å². The smallest absolute Gasteiger partial charge is 0.277 e. The Hall–Kier alpha value is -3.44. The Balaban J connectivity index is 1.84. The fourth-order valence-corrected chi connectivity index (χ4v) is 2.26. The molecule has 2 heterocycles. The quantitative estimate of drug-likeness (QED) is 0.669. The van der Waals surface area contributed by atoms with Crippen molar-refractivity contribution in [2.24, 2.45) is 5.10 Å². The zero-order valence-electron chi connectivity index (χ0n) is 13.8. The summed E-state index contributed by atoms with van der Waals surface area (Å²) in [5.74, 6) is 0.0975. The molecule has 2 aromatic rings. The first-order valence-electron chi connectivity index (χ1n) is 7.62. The largest absolute Gasteiger partial charge is 0.448 e. The van der Waals surface area contributed by atoms with Gasteiger partial charge in [-0.25, -0.2) is 4.98 Å². The first kappa shape index (κ1) is 16.4. The molecule has 7 nitrogen and oxygen atoms in total. The number of aromatic nitrogens is 1. The van der Waals surface area contributed by atoms with E-state index in [1.54, 1.807) is 19.3 Å². The molecule has 3 rings (SSSR count). The van der Waals surface area contributed by atoms with Gasteiger partial charge < -0.3 is 14.5 Å². The van der Waals surface area contributed by atoms with Crippen LogP contribution in [-0.4, -0.2) is 34.9 Å². The topological polar surface area (TPSA) is 87.8 Å². The normalized spacial score (nSPS) is 12.9. The summed E-state index contributed by atoms with van der Waals surface area (Å²) in [6, 6.07) is 5.67. The average Bonchev–Trinajstić information content (AvgIpc) is 3.04. The minimum Gasteiger partial charge on any atom is -0.448 e. The zero-order chi connectivity index (χ0) is 17.8. The number of nitrogens with one attached hydrogen (secondary N) is 1. The van der Waals surface area contributed by atoms with Crippen molar-refractivity contribution in [1.82, 2.24) is 9.99 Å². The number of carbonyl (C=O) groups is 2. The number of hydrogen-bond donors (Lipinski definition) is 1. The Morgan fingerprint density at radius 3 is 2.88 bits per heavy atom. The SMILES string of the molecule is Cc1nc(C(=O)Nc2cc(C3=C=CN(CC=O)N=C3)ccc2C)co1. The van der Waals surface area contributed by atoms with Crippen LogP contribution in [0.15, 0.2) is 45.9 Å². The molecule has 0 fully saturated rings. The third-order valence-corrected chi connectivity index (χ3v) is 3.61. The Morgan fingerprint density at radius 2 is 2.24 bits per heavy atom. The maximum atomic E-state index is 12.3. The molecule has 0 bridgehead atoms. The molecule has 0 aliphatic carbocycles. The van der Waals surface area contributed by atoms with Crippen LogP contribution in [0.3, 0.4) is 0 Å². The molecule has 0 saturated heterocycles. The Labute approximate surface area is 144 Å². The maximum Gasteiger partial charge on any atom is 0.277 e. The minimum absolute atomic E-state index is 0.184. The number of benzene rings is 1. The van der Waals surface area contributed by atoms with E-state index in [1.165, 1.54) is 11.3 Å². The van der Waals surface area contributed by atoms with Crippen molar-refractivity contribution < 1.29 is 14.0 Å². The van der Waals surface area contributed by atoms with E-state index in [0.29, 0.717) is 11.6 Å². The molecule has 25 heavy (non-hydrogen) atoms. The summed E-state index contributed by atoms with van der Waals surface area (Å²) < 4.78 is 5.07. The molecular formula is C18H16N4O3. The number of allylic oxidation sites excluding steroid dienone is 1. The fourth-order valence-electron chi connectivity index (χ4n) is 2.26. The van der Waals surface area contributed by atoms with Crippen LogP contribution in [-0.2, 0) is 4.79 Å². The second-order valence-corrected chi connectivity index (χ2v) is 5.46. The summed E-state index contributed by atoms with van der Waals surface area (Å²) in [7, 11) is 0. The van der Waals surface area contributed by atoms with E-state index in [-0.39, 0.29) is 18.1 Å². The van der Waals surface area contributed by atoms with Crippen molar-refractivity contribution in [3.8, 4) is 0 Å². The summed E-state index contributed by atoms with van der Waals surface area (Å²) in [6.07, 6.45) is 5.33. The van der Waals surface area contributed by atoms with Crippen LogP contribution in [0.2, 0.25) is 0 Å². The predicted molar refractivity (Wildman–Crippen MR) is 93.1 cm³/mol. The van der Waals surface area contributed by atoms with Crippen LogP contribution in [0.5, 0.6) is 0 Å². The first-order chi connectivity index (χ1) is 12.1. The van der Waals surface area contributed by atoms with Gasteiger partial charge in [0.05, 0.1) is 19.0 Å². The molecule has 1 amide bonds. The van der Waals surface area contributed by atoms with Crippen molar-refractivity contribution in [2.45, 2.75) is 13.8 Å². The van der Waals surface area contributed by atoms with Gasteiger partial charge in [-0.3, -0.25) is 9.80 Å². The van der Waals surface area contributed by atoms with Gasteiger partial charge in [0.25, 0.3) is 5.91 Å². The van der Waals surface area contributed by atoms with Crippen LogP contribution >= 0.6 is 0 Å². The molecule has 1 N–H and O–H groups in total. The van der Waals surface area contributed by atoms with Gasteiger partial charge in [-0.15, -0.1) is 0 Å². The van der Waals surface area contributed by atoms with E-state index >= 15 is 0 Å². The second kappa shape index (κ2) is 6.98.